The summed E-state index contributed by atoms with van der Waals surface area (Å²) in [6, 6.07) is 12.9. The van der Waals surface area contributed by atoms with Crippen molar-refractivity contribution in [3.05, 3.63) is 59.4 Å². The van der Waals surface area contributed by atoms with Crippen LogP contribution in [0.15, 0.2) is 47.5 Å². The number of nitrogens with one attached hydrogen (secondary N) is 2. The molecule has 0 unspecified atom stereocenters. The van der Waals surface area contributed by atoms with E-state index in [1.54, 1.807) is 12.1 Å². The standard InChI is InChI=1S/C27H33N5O4/c1-3-4-5-6-16-36-27(35)30-18-20-8-11-22(12-9-20)29-19-25-31-23-17-21(10-13-24(23)32(25)2)26(34)28-14-7-15-33/h8-13,15,17-18,29H,3-7,14,16,19H2,1-2H3,(H,28,34). The minimum Gasteiger partial charge on any atom is -0.448 e. The van der Waals surface area contributed by atoms with Crippen molar-refractivity contribution in [2.45, 2.75) is 45.6 Å². The van der Waals surface area contributed by atoms with Gasteiger partial charge < -0.3 is 24.7 Å². The molecule has 0 saturated heterocycles. The lowest BCUT2D eigenvalue weighted by Gasteiger charge is -2.07. The maximum atomic E-state index is 12.2. The summed E-state index contributed by atoms with van der Waals surface area (Å²) in [5.74, 6) is 0.587. The van der Waals surface area contributed by atoms with Crippen LogP contribution in [0.1, 0.15) is 60.8 Å². The largest absolute Gasteiger partial charge is 0.448 e. The van der Waals surface area contributed by atoms with Crippen LogP contribution in [0.5, 0.6) is 0 Å². The first kappa shape index (κ1) is 26.6. The van der Waals surface area contributed by atoms with Crippen LogP contribution in [0.4, 0.5) is 10.5 Å². The zero-order chi connectivity index (χ0) is 25.8. The third-order valence-corrected chi connectivity index (χ3v) is 5.69. The smallest absolute Gasteiger partial charge is 0.433 e. The third-order valence-electron chi connectivity index (χ3n) is 5.69. The molecule has 0 atom stereocenters. The number of ether oxygens (including phenoxy) is 1. The highest BCUT2D eigenvalue weighted by molar-refractivity contribution is 5.97. The van der Waals surface area contributed by atoms with Crippen molar-refractivity contribution in [3.8, 4) is 0 Å². The molecule has 2 aromatic carbocycles. The van der Waals surface area contributed by atoms with Gasteiger partial charge in [-0.15, -0.1) is 0 Å². The van der Waals surface area contributed by atoms with Gasteiger partial charge in [-0.2, -0.15) is 4.99 Å². The van der Waals surface area contributed by atoms with Gasteiger partial charge in [0.2, 0.25) is 0 Å². The summed E-state index contributed by atoms with van der Waals surface area (Å²) in [5.41, 5.74) is 3.84. The van der Waals surface area contributed by atoms with Crippen molar-refractivity contribution >= 4 is 41.2 Å². The number of amides is 2. The molecule has 0 aliphatic rings. The van der Waals surface area contributed by atoms with E-state index >= 15 is 0 Å². The third kappa shape index (κ3) is 7.76. The topological polar surface area (TPSA) is 115 Å². The van der Waals surface area contributed by atoms with Gasteiger partial charge in [-0.1, -0.05) is 38.3 Å². The van der Waals surface area contributed by atoms with Gasteiger partial charge in [0.15, 0.2) is 0 Å². The Balaban J connectivity index is 1.53. The average Bonchev–Trinajstić information content (AvgIpc) is 3.21. The zero-order valence-electron chi connectivity index (χ0n) is 20.8. The van der Waals surface area contributed by atoms with E-state index < -0.39 is 6.09 Å². The molecule has 190 valence electrons. The number of hydrogen-bond acceptors (Lipinski definition) is 6. The first-order valence-electron chi connectivity index (χ1n) is 12.2. The molecule has 0 fully saturated rings. The van der Waals surface area contributed by atoms with E-state index in [9.17, 15) is 14.4 Å². The lowest BCUT2D eigenvalue weighted by Crippen LogP contribution is -2.24. The zero-order valence-corrected chi connectivity index (χ0v) is 20.8. The second-order valence-electron chi connectivity index (χ2n) is 8.41. The number of aryl methyl sites for hydroxylation is 1. The lowest BCUT2D eigenvalue weighted by atomic mass is 10.2. The van der Waals surface area contributed by atoms with Crippen molar-refractivity contribution in [1.29, 1.82) is 0 Å². The summed E-state index contributed by atoms with van der Waals surface area (Å²) in [5, 5.41) is 6.06. The second-order valence-corrected chi connectivity index (χ2v) is 8.41. The van der Waals surface area contributed by atoms with Crippen LogP contribution >= 0.6 is 0 Å². The van der Waals surface area contributed by atoms with Gasteiger partial charge in [-0.25, -0.2) is 9.78 Å². The van der Waals surface area contributed by atoms with Gasteiger partial charge in [0, 0.05) is 37.5 Å². The molecule has 0 saturated carbocycles. The fraction of sp³-hybridized carbons (Fsp3) is 0.370. The van der Waals surface area contributed by atoms with Gasteiger partial charge in [0.05, 0.1) is 24.2 Å². The molecule has 3 aromatic rings. The molecule has 3 rings (SSSR count). The van der Waals surface area contributed by atoms with Gasteiger partial charge in [0.25, 0.3) is 5.91 Å². The maximum absolute atomic E-state index is 12.2. The number of aromatic nitrogens is 2. The Kier molecular flexibility index (Phi) is 10.2. The molecular formula is C27H33N5O4. The summed E-state index contributed by atoms with van der Waals surface area (Å²) >= 11 is 0. The highest BCUT2D eigenvalue weighted by Gasteiger charge is 2.11. The van der Waals surface area contributed by atoms with E-state index in [1.165, 1.54) is 6.21 Å². The quantitative estimate of drug-likeness (QED) is 0.204. The van der Waals surface area contributed by atoms with Gasteiger partial charge >= 0.3 is 6.09 Å². The van der Waals surface area contributed by atoms with Crippen LogP contribution in [0.2, 0.25) is 0 Å². The molecule has 1 aromatic heterocycles. The molecule has 0 bridgehead atoms. The SMILES string of the molecule is CCCCCCOC(=O)N=Cc1ccc(NCc2nc3cc(C(=O)NCCC=O)ccc3n2C)cc1. The Labute approximate surface area is 211 Å². The minimum absolute atomic E-state index is 0.229. The van der Waals surface area contributed by atoms with Crippen LogP contribution < -0.4 is 10.6 Å². The van der Waals surface area contributed by atoms with Crippen molar-refractivity contribution in [3.63, 3.8) is 0 Å². The van der Waals surface area contributed by atoms with E-state index in [0.717, 1.165) is 60.1 Å². The van der Waals surface area contributed by atoms with E-state index in [2.05, 4.69) is 27.5 Å². The number of imidazole rings is 1. The Hall–Kier alpha value is -4.01. The van der Waals surface area contributed by atoms with Gasteiger partial charge in [-0.05, 0) is 42.3 Å². The fourth-order valence-corrected chi connectivity index (χ4v) is 3.62. The Morgan fingerprint density at radius 1 is 1.11 bits per heavy atom. The van der Waals surface area contributed by atoms with Crippen LogP contribution in [0.3, 0.4) is 0 Å². The Bertz CT molecular complexity index is 1200. The molecule has 9 heteroatoms. The van der Waals surface area contributed by atoms with Crippen molar-refractivity contribution in [2.24, 2.45) is 12.0 Å². The predicted molar refractivity (Wildman–Crippen MR) is 141 cm³/mol. The molecule has 2 amide bonds. The molecule has 9 nitrogen and oxygen atoms in total. The highest BCUT2D eigenvalue weighted by Crippen LogP contribution is 2.18. The predicted octanol–water partition coefficient (Wildman–Crippen LogP) is 4.64. The number of nitrogens with zero attached hydrogens (tertiary/aromatic N) is 3. The highest BCUT2D eigenvalue weighted by atomic mass is 16.5. The number of fused-ring (bicyclic) bond motifs is 1. The summed E-state index contributed by atoms with van der Waals surface area (Å²) in [6.07, 6.45) is 6.18. The monoisotopic (exact) mass is 491 g/mol. The van der Waals surface area contributed by atoms with Crippen molar-refractivity contribution in [1.82, 2.24) is 14.9 Å². The molecule has 2 N–H and O–H groups in total. The number of hydrogen-bond donors (Lipinski definition) is 2. The van der Waals surface area contributed by atoms with E-state index in [4.69, 9.17) is 4.74 Å². The number of aldehydes is 1. The average molecular weight is 492 g/mol. The number of carbonyl (C=O) groups excluding carboxylic acids is 3. The second kappa shape index (κ2) is 13.8. The van der Waals surface area contributed by atoms with Gasteiger partial charge in [-0.3, -0.25) is 4.79 Å². The number of benzene rings is 2. The van der Waals surface area contributed by atoms with E-state index in [0.29, 0.717) is 25.3 Å². The van der Waals surface area contributed by atoms with E-state index in [-0.39, 0.29) is 12.3 Å². The molecule has 0 aliphatic heterocycles. The number of anilines is 1. The first-order valence-corrected chi connectivity index (χ1v) is 12.2. The summed E-state index contributed by atoms with van der Waals surface area (Å²) in [6.45, 7) is 3.34. The first-order chi connectivity index (χ1) is 17.5. The van der Waals surface area contributed by atoms with Gasteiger partial charge in [0.1, 0.15) is 12.1 Å². The Morgan fingerprint density at radius 2 is 1.92 bits per heavy atom. The fourth-order valence-electron chi connectivity index (χ4n) is 3.62. The number of aliphatic imine (C=N–C) groups is 1. The van der Waals surface area contributed by atoms with E-state index in [1.807, 2.05) is 41.9 Å². The number of rotatable bonds is 13. The van der Waals surface area contributed by atoms with Crippen LogP contribution in [0, 0.1) is 0 Å². The summed E-state index contributed by atoms with van der Waals surface area (Å²) in [4.78, 5) is 42.9. The Morgan fingerprint density at radius 3 is 2.67 bits per heavy atom. The summed E-state index contributed by atoms with van der Waals surface area (Å²) in [7, 11) is 1.93. The normalized spacial score (nSPS) is 11.1. The van der Waals surface area contributed by atoms with Crippen LogP contribution in [-0.4, -0.2) is 47.2 Å². The molecular weight excluding hydrogens is 458 g/mol. The molecule has 1 heterocycles. The maximum Gasteiger partial charge on any atom is 0.433 e. The van der Waals surface area contributed by atoms with Crippen molar-refractivity contribution in [2.75, 3.05) is 18.5 Å². The number of carbonyl (C=O) groups is 3. The summed E-state index contributed by atoms with van der Waals surface area (Å²) < 4.78 is 7.08. The van der Waals surface area contributed by atoms with Crippen LogP contribution in [0.25, 0.3) is 11.0 Å². The lowest BCUT2D eigenvalue weighted by molar-refractivity contribution is -0.107. The molecule has 0 spiro atoms. The van der Waals surface area contributed by atoms with Crippen LogP contribution in [-0.2, 0) is 23.1 Å². The molecule has 0 aliphatic carbocycles. The number of unbranched alkanes of at least 4 members (excludes halogenated alkanes) is 3. The van der Waals surface area contributed by atoms with Crippen molar-refractivity contribution < 1.29 is 19.1 Å². The minimum atomic E-state index is -0.572. The molecule has 36 heavy (non-hydrogen) atoms. The molecule has 0 radical (unpaired) electrons.